The molecule has 4 rings (SSSR count). The van der Waals surface area contributed by atoms with Crippen molar-refractivity contribution in [2.75, 3.05) is 6.61 Å². The van der Waals surface area contributed by atoms with Crippen LogP contribution in [0, 0.1) is 0 Å². The van der Waals surface area contributed by atoms with E-state index in [-0.39, 0.29) is 5.60 Å². The van der Waals surface area contributed by atoms with Crippen molar-refractivity contribution < 1.29 is 9.47 Å². The van der Waals surface area contributed by atoms with Gasteiger partial charge in [-0.1, -0.05) is 30.3 Å². The Morgan fingerprint density at radius 2 is 1.96 bits per heavy atom. The molecule has 1 aliphatic heterocycles. The molecule has 0 saturated carbocycles. The molecule has 1 N–H and O–H groups in total. The molecule has 0 amide bonds. The van der Waals surface area contributed by atoms with Crippen molar-refractivity contribution in [3.8, 4) is 5.75 Å². The highest BCUT2D eigenvalue weighted by molar-refractivity contribution is 5.86. The number of H-pyrrole nitrogens is 1. The Morgan fingerprint density at radius 3 is 2.78 bits per heavy atom. The predicted octanol–water partition coefficient (Wildman–Crippen LogP) is 4.55. The number of hydrogen-bond acceptors (Lipinski definition) is 2. The fourth-order valence-corrected chi connectivity index (χ4v) is 3.31. The molecule has 0 bridgehead atoms. The largest absolute Gasteiger partial charge is 0.489 e. The van der Waals surface area contributed by atoms with Gasteiger partial charge in [-0.3, -0.25) is 0 Å². The van der Waals surface area contributed by atoms with Gasteiger partial charge in [0.25, 0.3) is 0 Å². The van der Waals surface area contributed by atoms with Crippen LogP contribution in [-0.2, 0) is 23.4 Å². The van der Waals surface area contributed by atoms with Gasteiger partial charge in [-0.05, 0) is 49.6 Å². The zero-order valence-electron chi connectivity index (χ0n) is 13.6. The summed E-state index contributed by atoms with van der Waals surface area (Å²) >= 11 is 0. The molecule has 23 heavy (non-hydrogen) atoms. The Labute approximate surface area is 136 Å². The summed E-state index contributed by atoms with van der Waals surface area (Å²) in [6, 6.07) is 16.5. The van der Waals surface area contributed by atoms with Crippen LogP contribution < -0.4 is 4.74 Å². The van der Waals surface area contributed by atoms with E-state index in [1.165, 1.54) is 22.2 Å². The van der Waals surface area contributed by atoms with E-state index in [0.717, 1.165) is 24.3 Å². The van der Waals surface area contributed by atoms with E-state index in [2.05, 4.69) is 43.1 Å². The summed E-state index contributed by atoms with van der Waals surface area (Å²) in [6.45, 7) is 5.59. The highest BCUT2D eigenvalue weighted by Gasteiger charge is 2.31. The lowest BCUT2D eigenvalue weighted by Gasteiger charge is -2.30. The summed E-state index contributed by atoms with van der Waals surface area (Å²) in [5.41, 5.74) is 4.64. The van der Waals surface area contributed by atoms with Crippen molar-refractivity contribution in [3.63, 3.8) is 0 Å². The monoisotopic (exact) mass is 307 g/mol. The Kier molecular flexibility index (Phi) is 3.38. The molecule has 2 heterocycles. The highest BCUT2D eigenvalue weighted by atomic mass is 16.5. The van der Waals surface area contributed by atoms with Crippen LogP contribution in [0.5, 0.6) is 5.75 Å². The van der Waals surface area contributed by atoms with Crippen LogP contribution in [0.3, 0.4) is 0 Å². The van der Waals surface area contributed by atoms with Crippen molar-refractivity contribution in [1.82, 2.24) is 4.98 Å². The van der Waals surface area contributed by atoms with Gasteiger partial charge in [-0.2, -0.15) is 0 Å². The second-order valence-corrected chi connectivity index (χ2v) is 6.57. The molecule has 0 atom stereocenters. The van der Waals surface area contributed by atoms with Crippen LogP contribution in [0.1, 0.15) is 30.7 Å². The minimum absolute atomic E-state index is 0.252. The van der Waals surface area contributed by atoms with Crippen molar-refractivity contribution in [3.05, 3.63) is 65.4 Å². The van der Waals surface area contributed by atoms with E-state index in [0.29, 0.717) is 6.61 Å². The highest BCUT2D eigenvalue weighted by Crippen LogP contribution is 2.37. The number of nitrogens with one attached hydrogen (secondary N) is 1. The van der Waals surface area contributed by atoms with Gasteiger partial charge >= 0.3 is 0 Å². The van der Waals surface area contributed by atoms with E-state index in [1.807, 2.05) is 24.3 Å². The van der Waals surface area contributed by atoms with E-state index in [1.54, 1.807) is 0 Å². The maximum atomic E-state index is 5.97. The van der Waals surface area contributed by atoms with Gasteiger partial charge in [0.15, 0.2) is 0 Å². The third kappa shape index (κ3) is 2.62. The van der Waals surface area contributed by atoms with Gasteiger partial charge < -0.3 is 14.5 Å². The first-order chi connectivity index (χ1) is 11.1. The van der Waals surface area contributed by atoms with Gasteiger partial charge in [0, 0.05) is 10.9 Å². The standard InChI is InChI=1S/C20H21NO2/c1-20(2)19-16(10-11-23-20)17-12-15(8-9-18(17)21-19)22-13-14-6-4-3-5-7-14/h3-9,12,21H,10-11,13H2,1-2H3. The molecule has 3 aromatic rings. The van der Waals surface area contributed by atoms with Gasteiger partial charge in [0.1, 0.15) is 18.0 Å². The molecule has 0 spiro atoms. The summed E-state index contributed by atoms with van der Waals surface area (Å²) in [4.78, 5) is 3.53. The maximum absolute atomic E-state index is 5.97. The van der Waals surface area contributed by atoms with Crippen LogP contribution in [0.4, 0.5) is 0 Å². The zero-order valence-corrected chi connectivity index (χ0v) is 13.6. The lowest BCUT2D eigenvalue weighted by atomic mass is 9.95. The van der Waals surface area contributed by atoms with Gasteiger partial charge in [-0.15, -0.1) is 0 Å². The number of ether oxygens (including phenoxy) is 2. The lowest BCUT2D eigenvalue weighted by molar-refractivity contribution is -0.0339. The molecule has 0 saturated heterocycles. The smallest absolute Gasteiger partial charge is 0.120 e. The Balaban J connectivity index is 1.65. The average Bonchev–Trinajstić information content (AvgIpc) is 2.94. The molecule has 2 aromatic carbocycles. The van der Waals surface area contributed by atoms with Crippen LogP contribution in [0.25, 0.3) is 10.9 Å². The summed E-state index contributed by atoms with van der Waals surface area (Å²) in [5.74, 6) is 0.910. The first kappa shape index (κ1) is 14.3. The van der Waals surface area contributed by atoms with Crippen LogP contribution in [0.15, 0.2) is 48.5 Å². The molecule has 3 heteroatoms. The Bertz CT molecular complexity index is 833. The number of hydrogen-bond donors (Lipinski definition) is 1. The van der Waals surface area contributed by atoms with Crippen LogP contribution in [0.2, 0.25) is 0 Å². The van der Waals surface area contributed by atoms with Gasteiger partial charge in [-0.25, -0.2) is 0 Å². The quantitative estimate of drug-likeness (QED) is 0.770. The van der Waals surface area contributed by atoms with Crippen LogP contribution >= 0.6 is 0 Å². The fourth-order valence-electron chi connectivity index (χ4n) is 3.31. The van der Waals surface area contributed by atoms with Crippen LogP contribution in [-0.4, -0.2) is 11.6 Å². The minimum Gasteiger partial charge on any atom is -0.489 e. The molecule has 0 aliphatic carbocycles. The summed E-state index contributed by atoms with van der Waals surface area (Å²) in [5, 5.41) is 1.25. The molecule has 0 fully saturated rings. The molecule has 0 unspecified atom stereocenters. The average molecular weight is 307 g/mol. The normalized spacial score (nSPS) is 16.3. The predicted molar refractivity (Wildman–Crippen MR) is 91.8 cm³/mol. The van der Waals surface area contributed by atoms with E-state index < -0.39 is 0 Å². The minimum atomic E-state index is -0.252. The molecular formula is C20H21NO2. The van der Waals surface area contributed by atoms with Gasteiger partial charge in [0.2, 0.25) is 0 Å². The van der Waals surface area contributed by atoms with Crippen molar-refractivity contribution in [2.45, 2.75) is 32.5 Å². The number of rotatable bonds is 3. The zero-order chi connectivity index (χ0) is 15.9. The fraction of sp³-hybridized carbons (Fsp3) is 0.300. The molecule has 1 aromatic heterocycles. The molecule has 0 radical (unpaired) electrons. The molecule has 3 nitrogen and oxygen atoms in total. The summed E-state index contributed by atoms with van der Waals surface area (Å²) in [7, 11) is 0. The number of benzene rings is 2. The Hall–Kier alpha value is -2.26. The summed E-state index contributed by atoms with van der Waals surface area (Å²) < 4.78 is 11.9. The first-order valence-corrected chi connectivity index (χ1v) is 8.09. The van der Waals surface area contributed by atoms with Crippen molar-refractivity contribution in [1.29, 1.82) is 0 Å². The molecular weight excluding hydrogens is 286 g/mol. The second-order valence-electron chi connectivity index (χ2n) is 6.57. The van der Waals surface area contributed by atoms with E-state index in [9.17, 15) is 0 Å². The maximum Gasteiger partial charge on any atom is 0.120 e. The number of fused-ring (bicyclic) bond motifs is 3. The second kappa shape index (κ2) is 5.43. The van der Waals surface area contributed by atoms with Crippen molar-refractivity contribution >= 4 is 10.9 Å². The van der Waals surface area contributed by atoms with E-state index in [4.69, 9.17) is 9.47 Å². The van der Waals surface area contributed by atoms with E-state index >= 15 is 0 Å². The van der Waals surface area contributed by atoms with Crippen molar-refractivity contribution in [2.24, 2.45) is 0 Å². The SMILES string of the molecule is CC1(C)OCCc2c1[nH]c1ccc(OCc3ccccc3)cc21. The lowest BCUT2D eigenvalue weighted by Crippen LogP contribution is -2.29. The molecule has 118 valence electrons. The number of aromatic amines is 1. The first-order valence-electron chi connectivity index (χ1n) is 8.09. The molecule has 1 aliphatic rings. The van der Waals surface area contributed by atoms with Gasteiger partial charge in [0.05, 0.1) is 12.3 Å². The third-order valence-electron chi connectivity index (χ3n) is 4.54. The topological polar surface area (TPSA) is 34.2 Å². The third-order valence-corrected chi connectivity index (χ3v) is 4.54. The summed E-state index contributed by atoms with van der Waals surface area (Å²) in [6.07, 6.45) is 0.945. The Morgan fingerprint density at radius 1 is 1.13 bits per heavy atom. The number of aromatic nitrogens is 1.